The smallest absolute Gasteiger partial charge is 0.346 e. The normalized spacial score (nSPS) is 19.7. The SMILES string of the molecule is CCOc1cc(C(=O)O[C@H](C)C(=O)N[C@H]2CCCC[C@@H]2C)c([N+](=O)[O-])cc1OC. The van der Waals surface area contributed by atoms with Crippen LogP contribution in [0.2, 0.25) is 0 Å². The highest BCUT2D eigenvalue weighted by Gasteiger charge is 2.30. The second-order valence-corrected chi connectivity index (χ2v) is 7.13. The lowest BCUT2D eigenvalue weighted by Gasteiger charge is -2.30. The molecule has 1 N–H and O–H groups in total. The molecule has 0 heterocycles. The van der Waals surface area contributed by atoms with Gasteiger partial charge in [0.15, 0.2) is 17.6 Å². The lowest BCUT2D eigenvalue weighted by Crippen LogP contribution is -2.46. The number of hydrogen-bond acceptors (Lipinski definition) is 7. The summed E-state index contributed by atoms with van der Waals surface area (Å²) in [5, 5.41) is 14.3. The first-order chi connectivity index (χ1) is 13.8. The quantitative estimate of drug-likeness (QED) is 0.399. The van der Waals surface area contributed by atoms with Gasteiger partial charge in [-0.1, -0.05) is 19.8 Å². The molecule has 9 heteroatoms. The molecule has 2 rings (SSSR count). The minimum absolute atomic E-state index is 0.0391. The monoisotopic (exact) mass is 408 g/mol. The zero-order chi connectivity index (χ0) is 21.6. The number of carbonyl (C=O) groups excluding carboxylic acids is 2. The van der Waals surface area contributed by atoms with Crippen molar-refractivity contribution in [1.82, 2.24) is 5.32 Å². The maximum atomic E-state index is 12.6. The second kappa shape index (κ2) is 10.1. The molecule has 29 heavy (non-hydrogen) atoms. The van der Waals surface area contributed by atoms with Gasteiger partial charge in [-0.3, -0.25) is 14.9 Å². The average Bonchev–Trinajstić information content (AvgIpc) is 2.69. The third-order valence-electron chi connectivity index (χ3n) is 5.09. The van der Waals surface area contributed by atoms with Gasteiger partial charge in [-0.15, -0.1) is 0 Å². The van der Waals surface area contributed by atoms with Crippen LogP contribution in [0.5, 0.6) is 11.5 Å². The number of esters is 1. The molecule has 0 radical (unpaired) electrons. The molecule has 1 aromatic rings. The van der Waals surface area contributed by atoms with Crippen LogP contribution in [0.4, 0.5) is 5.69 Å². The van der Waals surface area contributed by atoms with Crippen molar-refractivity contribution >= 4 is 17.6 Å². The van der Waals surface area contributed by atoms with Crippen LogP contribution in [0.3, 0.4) is 0 Å². The van der Waals surface area contributed by atoms with Crippen molar-refractivity contribution in [3.63, 3.8) is 0 Å². The number of carbonyl (C=O) groups is 2. The van der Waals surface area contributed by atoms with Crippen LogP contribution in [0.15, 0.2) is 12.1 Å². The molecular weight excluding hydrogens is 380 g/mol. The van der Waals surface area contributed by atoms with Gasteiger partial charge in [0.2, 0.25) is 0 Å². The summed E-state index contributed by atoms with van der Waals surface area (Å²) < 4.78 is 15.7. The minimum atomic E-state index is -1.09. The van der Waals surface area contributed by atoms with E-state index < -0.39 is 28.6 Å². The number of nitro groups is 1. The number of ether oxygens (including phenoxy) is 3. The van der Waals surface area contributed by atoms with Gasteiger partial charge >= 0.3 is 5.97 Å². The molecule has 1 fully saturated rings. The fraction of sp³-hybridized carbons (Fsp3) is 0.600. The van der Waals surface area contributed by atoms with Crippen molar-refractivity contribution in [2.45, 2.75) is 58.6 Å². The zero-order valence-corrected chi connectivity index (χ0v) is 17.2. The third-order valence-corrected chi connectivity index (χ3v) is 5.09. The number of nitrogens with zero attached hydrogens (tertiary/aromatic N) is 1. The number of amides is 1. The van der Waals surface area contributed by atoms with Crippen LogP contribution in [0.1, 0.15) is 56.8 Å². The fourth-order valence-electron chi connectivity index (χ4n) is 3.40. The van der Waals surface area contributed by atoms with Gasteiger partial charge in [0.05, 0.1) is 24.7 Å². The minimum Gasteiger partial charge on any atom is -0.493 e. The highest BCUT2D eigenvalue weighted by Crippen LogP contribution is 2.35. The Morgan fingerprint density at radius 2 is 1.97 bits per heavy atom. The van der Waals surface area contributed by atoms with E-state index >= 15 is 0 Å². The Balaban J connectivity index is 2.16. The molecule has 0 aliphatic heterocycles. The molecule has 0 spiro atoms. The number of nitrogens with one attached hydrogen (secondary N) is 1. The molecule has 1 amide bonds. The average molecular weight is 408 g/mol. The van der Waals surface area contributed by atoms with Crippen LogP contribution < -0.4 is 14.8 Å². The first-order valence-electron chi connectivity index (χ1n) is 9.79. The molecule has 0 aromatic heterocycles. The van der Waals surface area contributed by atoms with E-state index in [9.17, 15) is 19.7 Å². The summed E-state index contributed by atoms with van der Waals surface area (Å²) in [6.45, 7) is 5.54. The van der Waals surface area contributed by atoms with Crippen LogP contribution in [0, 0.1) is 16.0 Å². The molecule has 1 aliphatic rings. The standard InChI is InChI=1S/C20H28N2O7/c1-5-28-18-10-14(16(22(25)26)11-17(18)27-4)20(24)29-13(3)19(23)21-15-9-7-6-8-12(15)2/h10-13,15H,5-9H2,1-4H3,(H,21,23)/t12-,13+,15-/m0/s1. The van der Waals surface area contributed by atoms with E-state index in [0.29, 0.717) is 5.92 Å². The van der Waals surface area contributed by atoms with E-state index in [1.54, 1.807) is 6.92 Å². The van der Waals surface area contributed by atoms with Crippen LogP contribution >= 0.6 is 0 Å². The summed E-state index contributed by atoms with van der Waals surface area (Å²) in [5.74, 6) is -0.724. The highest BCUT2D eigenvalue weighted by atomic mass is 16.6. The maximum absolute atomic E-state index is 12.6. The first kappa shape index (κ1) is 22.4. The van der Waals surface area contributed by atoms with Crippen molar-refractivity contribution in [2.75, 3.05) is 13.7 Å². The molecule has 0 saturated heterocycles. The predicted molar refractivity (Wildman–Crippen MR) is 105 cm³/mol. The van der Waals surface area contributed by atoms with Gasteiger partial charge in [-0.05, 0) is 32.6 Å². The molecule has 1 saturated carbocycles. The summed E-state index contributed by atoms with van der Waals surface area (Å²) in [4.78, 5) is 35.7. The van der Waals surface area contributed by atoms with Crippen molar-refractivity contribution < 1.29 is 28.7 Å². The van der Waals surface area contributed by atoms with Gasteiger partial charge < -0.3 is 19.5 Å². The first-order valence-corrected chi connectivity index (χ1v) is 9.79. The topological polar surface area (TPSA) is 117 Å². The summed E-state index contributed by atoms with van der Waals surface area (Å²) in [7, 11) is 1.35. The molecular formula is C20H28N2O7. The van der Waals surface area contributed by atoms with E-state index in [1.807, 2.05) is 0 Å². The zero-order valence-electron chi connectivity index (χ0n) is 17.2. The summed E-state index contributed by atoms with van der Waals surface area (Å²) in [5.41, 5.74) is -0.784. The summed E-state index contributed by atoms with van der Waals surface area (Å²) in [6, 6.07) is 2.35. The third kappa shape index (κ3) is 5.58. The van der Waals surface area contributed by atoms with Crippen molar-refractivity contribution in [3.05, 3.63) is 27.8 Å². The van der Waals surface area contributed by atoms with Crippen molar-refractivity contribution in [1.29, 1.82) is 0 Å². The van der Waals surface area contributed by atoms with E-state index in [1.165, 1.54) is 20.1 Å². The highest BCUT2D eigenvalue weighted by molar-refractivity contribution is 5.96. The molecule has 0 bridgehead atoms. The number of nitro benzene ring substituents is 1. The van der Waals surface area contributed by atoms with E-state index in [0.717, 1.165) is 31.7 Å². The number of hydrogen-bond donors (Lipinski definition) is 1. The summed E-state index contributed by atoms with van der Waals surface area (Å²) >= 11 is 0. The van der Waals surface area contributed by atoms with Gasteiger partial charge in [0, 0.05) is 12.1 Å². The Kier molecular flexibility index (Phi) is 7.81. The molecule has 3 atom stereocenters. The second-order valence-electron chi connectivity index (χ2n) is 7.13. The van der Waals surface area contributed by atoms with E-state index in [-0.39, 0.29) is 29.7 Å². The summed E-state index contributed by atoms with van der Waals surface area (Å²) in [6.07, 6.45) is 3.02. The fourth-order valence-corrected chi connectivity index (χ4v) is 3.40. The lowest BCUT2D eigenvalue weighted by molar-refractivity contribution is -0.385. The Morgan fingerprint density at radius 3 is 2.55 bits per heavy atom. The Morgan fingerprint density at radius 1 is 1.28 bits per heavy atom. The predicted octanol–water partition coefficient (Wildman–Crippen LogP) is 3.24. The van der Waals surface area contributed by atoms with E-state index in [4.69, 9.17) is 14.2 Å². The molecule has 1 aromatic carbocycles. The van der Waals surface area contributed by atoms with Crippen LogP contribution in [-0.4, -0.2) is 42.7 Å². The number of benzene rings is 1. The molecule has 0 unspecified atom stereocenters. The maximum Gasteiger partial charge on any atom is 0.346 e. The lowest BCUT2D eigenvalue weighted by atomic mass is 9.86. The largest absolute Gasteiger partial charge is 0.493 e. The molecule has 160 valence electrons. The molecule has 9 nitrogen and oxygen atoms in total. The number of rotatable bonds is 8. The van der Waals surface area contributed by atoms with Crippen molar-refractivity contribution in [3.8, 4) is 11.5 Å². The van der Waals surface area contributed by atoms with Gasteiger partial charge in [0.1, 0.15) is 5.56 Å². The Labute approximate surface area is 169 Å². The van der Waals surface area contributed by atoms with Gasteiger partial charge in [-0.2, -0.15) is 0 Å². The van der Waals surface area contributed by atoms with Crippen LogP contribution in [-0.2, 0) is 9.53 Å². The van der Waals surface area contributed by atoms with E-state index in [2.05, 4.69) is 12.2 Å². The Hall–Kier alpha value is -2.84. The van der Waals surface area contributed by atoms with Gasteiger partial charge in [-0.25, -0.2) is 4.79 Å². The van der Waals surface area contributed by atoms with Crippen molar-refractivity contribution in [2.24, 2.45) is 5.92 Å². The van der Waals surface area contributed by atoms with Crippen LogP contribution in [0.25, 0.3) is 0 Å². The Bertz CT molecular complexity index is 765. The molecule has 1 aliphatic carbocycles. The van der Waals surface area contributed by atoms with Gasteiger partial charge in [0.25, 0.3) is 11.6 Å². The number of methoxy groups -OCH3 is 1.